The van der Waals surface area contributed by atoms with Gasteiger partial charge in [-0.2, -0.15) is 61.5 Å². The standard InChI is InChI=1S/C14H11F8N3O5.C13H11F6N3O5/c1-11(28,5-23-10(27)12(15,16)14(20,21)22)9(26)24-6-2-3-8(25(29)30)7(4-6)13(17,18)19;1-11(25,5-20-10(24)13(17,18)19)9(23)21-6-2-3-8(22(26)27)7(4-6)12(14,15)16/h2-4,28H,5H2,1H3,(H,23,27)(H,24,26);2-4,25H,5H2,1H3,(H,20,24)(H,21,23). The molecule has 0 spiro atoms. The van der Waals surface area contributed by atoms with Gasteiger partial charge in [-0.05, 0) is 38.1 Å². The average molecular weight is 856 g/mol. The first kappa shape index (κ1) is 49.1. The predicted octanol–water partition coefficient (Wildman–Crippen LogP) is 4.60. The van der Waals surface area contributed by atoms with Gasteiger partial charge in [0.15, 0.2) is 11.2 Å². The molecule has 0 radical (unpaired) electrons. The highest BCUT2D eigenvalue weighted by atomic mass is 19.4. The Labute approximate surface area is 305 Å². The van der Waals surface area contributed by atoms with Crippen LogP contribution >= 0.6 is 0 Å². The van der Waals surface area contributed by atoms with E-state index in [1.54, 1.807) is 10.6 Å². The Balaban J connectivity index is 0.000000573. The first-order valence-corrected chi connectivity index (χ1v) is 14.2. The minimum absolute atomic E-state index is 0.141. The van der Waals surface area contributed by atoms with Crippen molar-refractivity contribution in [1.29, 1.82) is 0 Å². The van der Waals surface area contributed by atoms with Crippen molar-refractivity contribution in [3.8, 4) is 0 Å². The molecule has 6 N–H and O–H groups in total. The molecule has 0 aliphatic carbocycles. The largest absolute Gasteiger partial charge is 0.471 e. The van der Waals surface area contributed by atoms with Crippen LogP contribution in [-0.2, 0) is 31.5 Å². The second-order valence-corrected chi connectivity index (χ2v) is 11.4. The van der Waals surface area contributed by atoms with E-state index in [9.17, 15) is 111 Å². The molecule has 16 nitrogen and oxygen atoms in total. The molecule has 30 heteroatoms. The van der Waals surface area contributed by atoms with Gasteiger partial charge in [-0.25, -0.2) is 0 Å². The fraction of sp³-hybridized carbons (Fsp3) is 0.407. The van der Waals surface area contributed by atoms with Gasteiger partial charge >= 0.3 is 36.5 Å². The van der Waals surface area contributed by atoms with Gasteiger partial charge in [0.2, 0.25) is 0 Å². The average Bonchev–Trinajstić information content (AvgIpc) is 3.04. The van der Waals surface area contributed by atoms with E-state index in [2.05, 4.69) is 0 Å². The van der Waals surface area contributed by atoms with E-state index in [1.807, 2.05) is 0 Å². The van der Waals surface area contributed by atoms with Crippen LogP contribution in [0.1, 0.15) is 25.0 Å². The third-order valence-electron chi connectivity index (χ3n) is 6.58. The number of halogens is 14. The van der Waals surface area contributed by atoms with Crippen LogP contribution in [0.3, 0.4) is 0 Å². The molecule has 0 aliphatic rings. The zero-order valence-corrected chi connectivity index (χ0v) is 27.7. The van der Waals surface area contributed by atoms with E-state index < -0.39 is 122 Å². The lowest BCUT2D eigenvalue weighted by Gasteiger charge is -2.25. The van der Waals surface area contributed by atoms with Crippen molar-refractivity contribution in [3.63, 3.8) is 0 Å². The Bertz CT molecular complexity index is 1880. The number of amides is 4. The molecule has 0 aromatic heterocycles. The second kappa shape index (κ2) is 17.1. The lowest BCUT2D eigenvalue weighted by molar-refractivity contribution is -0.388. The van der Waals surface area contributed by atoms with Crippen molar-refractivity contribution in [2.45, 2.75) is 55.7 Å². The number of nitrogens with zero attached hydrogens (tertiary/aromatic N) is 2. The minimum Gasteiger partial charge on any atom is -0.378 e. The van der Waals surface area contributed by atoms with Crippen LogP contribution in [-0.4, -0.2) is 86.3 Å². The van der Waals surface area contributed by atoms with E-state index in [1.165, 1.54) is 5.32 Å². The number of rotatable bonds is 11. The Morgan fingerprint density at radius 2 is 0.895 bits per heavy atom. The topological polar surface area (TPSA) is 243 Å². The van der Waals surface area contributed by atoms with Gasteiger partial charge in [0.1, 0.15) is 11.1 Å². The molecule has 0 fully saturated rings. The number of anilines is 2. The summed E-state index contributed by atoms with van der Waals surface area (Å²) in [5, 5.41) is 46.7. The summed E-state index contributed by atoms with van der Waals surface area (Å²) < 4.78 is 175. The number of nitrogens with one attached hydrogen (secondary N) is 4. The molecule has 4 amide bonds. The summed E-state index contributed by atoms with van der Waals surface area (Å²) in [7, 11) is 0. The summed E-state index contributed by atoms with van der Waals surface area (Å²) in [5.74, 6) is -14.2. The SMILES string of the molecule is CC(O)(CNC(=O)C(F)(F)C(F)(F)F)C(=O)Nc1ccc([N+](=O)[O-])c(C(F)(F)F)c1.CC(O)(CNC(=O)C(F)(F)F)C(=O)Nc1ccc([N+](=O)[O-])c(C(F)(F)F)c1. The predicted molar refractivity (Wildman–Crippen MR) is 158 cm³/mol. The van der Waals surface area contributed by atoms with Crippen molar-refractivity contribution in [2.75, 3.05) is 23.7 Å². The Hall–Kier alpha value is -5.94. The maximum Gasteiger partial charge on any atom is 0.471 e. The molecule has 57 heavy (non-hydrogen) atoms. The Morgan fingerprint density at radius 3 is 1.16 bits per heavy atom. The van der Waals surface area contributed by atoms with Crippen LogP contribution < -0.4 is 21.3 Å². The molecule has 0 saturated heterocycles. The zero-order valence-electron chi connectivity index (χ0n) is 27.7. The van der Waals surface area contributed by atoms with E-state index >= 15 is 0 Å². The number of nitro groups is 2. The van der Waals surface area contributed by atoms with Crippen molar-refractivity contribution in [3.05, 3.63) is 67.8 Å². The van der Waals surface area contributed by atoms with Crippen molar-refractivity contribution >= 4 is 46.4 Å². The van der Waals surface area contributed by atoms with Crippen LogP contribution in [0.15, 0.2) is 36.4 Å². The molecule has 2 unspecified atom stereocenters. The maximum absolute atomic E-state index is 12.9. The van der Waals surface area contributed by atoms with Gasteiger partial charge < -0.3 is 31.5 Å². The summed E-state index contributed by atoms with van der Waals surface area (Å²) in [6.07, 6.45) is -21.9. The highest BCUT2D eigenvalue weighted by molar-refractivity contribution is 5.98. The number of nitro benzene ring substituents is 2. The van der Waals surface area contributed by atoms with Crippen LogP contribution in [0.5, 0.6) is 0 Å². The van der Waals surface area contributed by atoms with Crippen LogP contribution in [0, 0.1) is 20.2 Å². The molecule has 0 heterocycles. The first-order chi connectivity index (χ1) is 25.4. The van der Waals surface area contributed by atoms with Gasteiger partial charge in [-0.1, -0.05) is 0 Å². The fourth-order valence-corrected chi connectivity index (χ4v) is 3.54. The van der Waals surface area contributed by atoms with Crippen molar-refractivity contribution in [1.82, 2.24) is 10.6 Å². The highest BCUT2D eigenvalue weighted by Gasteiger charge is 2.63. The summed E-state index contributed by atoms with van der Waals surface area (Å²) in [6.45, 7) is -1.40. The summed E-state index contributed by atoms with van der Waals surface area (Å²) in [6, 6.07) is 2.59. The lowest BCUT2D eigenvalue weighted by atomic mass is 10.1. The third-order valence-corrected chi connectivity index (χ3v) is 6.58. The fourth-order valence-electron chi connectivity index (χ4n) is 3.54. The number of aliphatic hydroxyl groups is 2. The third kappa shape index (κ3) is 13.4. The van der Waals surface area contributed by atoms with Gasteiger partial charge in [0.05, 0.1) is 22.9 Å². The number of alkyl halides is 14. The summed E-state index contributed by atoms with van der Waals surface area (Å²) in [4.78, 5) is 64.1. The monoisotopic (exact) mass is 856 g/mol. The molecule has 2 aromatic rings. The molecule has 2 aromatic carbocycles. The van der Waals surface area contributed by atoms with Crippen LogP contribution in [0.4, 0.5) is 84.2 Å². The lowest BCUT2D eigenvalue weighted by Crippen LogP contribution is -2.55. The van der Waals surface area contributed by atoms with Crippen LogP contribution in [0.25, 0.3) is 0 Å². The van der Waals surface area contributed by atoms with Gasteiger partial charge in [0.25, 0.3) is 29.1 Å². The number of benzene rings is 2. The maximum atomic E-state index is 12.9. The molecule has 0 aliphatic heterocycles. The van der Waals surface area contributed by atoms with Crippen molar-refractivity contribution < 1.29 is 101 Å². The number of hydrogen-bond acceptors (Lipinski definition) is 10. The van der Waals surface area contributed by atoms with Crippen LogP contribution in [0.2, 0.25) is 0 Å². The molecule has 2 atom stereocenters. The quantitative estimate of drug-likeness (QED) is 0.104. The highest BCUT2D eigenvalue weighted by Crippen LogP contribution is 2.39. The summed E-state index contributed by atoms with van der Waals surface area (Å²) in [5.41, 5.74) is -12.9. The van der Waals surface area contributed by atoms with E-state index in [0.717, 1.165) is 11.4 Å². The minimum atomic E-state index is -6.25. The van der Waals surface area contributed by atoms with Crippen molar-refractivity contribution in [2.24, 2.45) is 0 Å². The van der Waals surface area contributed by atoms with Gasteiger partial charge in [-0.3, -0.25) is 39.4 Å². The number of carbonyl (C=O) groups is 4. The smallest absolute Gasteiger partial charge is 0.378 e. The molecule has 2 rings (SSSR count). The zero-order chi connectivity index (χ0) is 44.9. The van der Waals surface area contributed by atoms with Gasteiger partial charge in [-0.15, -0.1) is 0 Å². The summed E-state index contributed by atoms with van der Waals surface area (Å²) >= 11 is 0. The normalized spacial score (nSPS) is 14.4. The second-order valence-electron chi connectivity index (χ2n) is 11.4. The molecular weight excluding hydrogens is 834 g/mol. The van der Waals surface area contributed by atoms with E-state index in [4.69, 9.17) is 0 Å². The molecule has 0 saturated carbocycles. The molecule has 0 bridgehead atoms. The number of hydrogen-bond donors (Lipinski definition) is 6. The van der Waals surface area contributed by atoms with Gasteiger partial charge in [0, 0.05) is 23.5 Å². The van der Waals surface area contributed by atoms with E-state index in [-0.39, 0.29) is 12.1 Å². The molecule has 318 valence electrons. The number of carbonyl (C=O) groups excluding carboxylic acids is 4. The molecular formula is C27H22F14N6O10. The Morgan fingerprint density at radius 1 is 0.579 bits per heavy atom. The first-order valence-electron chi connectivity index (χ1n) is 14.2. The van der Waals surface area contributed by atoms with E-state index in [0.29, 0.717) is 32.0 Å². The Kier molecular flexibility index (Phi) is 14.7.